The molecule has 2 N–H and O–H groups in total. The zero-order chi connectivity index (χ0) is 22.9. The molecule has 0 saturated carbocycles. The van der Waals surface area contributed by atoms with Gasteiger partial charge in [0, 0.05) is 6.07 Å². The number of nitrogens with one attached hydrogen (secondary N) is 2. The van der Waals surface area contributed by atoms with Crippen LogP contribution in [0.4, 0.5) is 10.5 Å². The monoisotopic (exact) mass is 430 g/mol. The molecule has 0 fully saturated rings. The number of ether oxygens (including phenoxy) is 4. The summed E-state index contributed by atoms with van der Waals surface area (Å²) in [6.45, 7) is 5.48. The average Bonchev–Trinajstić information content (AvgIpc) is 2.72. The molecule has 2 rings (SSSR count). The van der Waals surface area contributed by atoms with E-state index < -0.39 is 23.6 Å². The van der Waals surface area contributed by atoms with E-state index in [1.807, 2.05) is 30.3 Å². The highest BCUT2D eigenvalue weighted by molar-refractivity contribution is 5.98. The third-order valence-corrected chi connectivity index (χ3v) is 4.07. The normalized spacial score (nSPS) is 11.9. The molecule has 2 aromatic carbocycles. The number of methoxy groups -OCH3 is 2. The van der Waals surface area contributed by atoms with E-state index in [4.69, 9.17) is 18.9 Å². The van der Waals surface area contributed by atoms with Gasteiger partial charge in [0.1, 0.15) is 23.1 Å². The third-order valence-electron chi connectivity index (χ3n) is 4.07. The molecule has 2 amide bonds. The summed E-state index contributed by atoms with van der Waals surface area (Å²) in [6, 6.07) is 13.6. The van der Waals surface area contributed by atoms with E-state index in [9.17, 15) is 9.59 Å². The predicted octanol–water partition coefficient (Wildman–Crippen LogP) is 3.75. The molecule has 0 radical (unpaired) electrons. The van der Waals surface area contributed by atoms with Crippen LogP contribution in [0.2, 0.25) is 0 Å². The number of anilines is 1. The molecule has 0 saturated heterocycles. The second-order valence-corrected chi connectivity index (χ2v) is 7.76. The SMILES string of the molecule is COc1ccc(OC)c(NC(=O)[C@H](COCc2ccccc2)NC(=O)OC(C)(C)C)c1. The summed E-state index contributed by atoms with van der Waals surface area (Å²) in [6.07, 6.45) is -0.714. The summed E-state index contributed by atoms with van der Waals surface area (Å²) in [5.74, 6) is 0.522. The average molecular weight is 431 g/mol. The second kappa shape index (κ2) is 11.2. The molecule has 31 heavy (non-hydrogen) atoms. The van der Waals surface area contributed by atoms with Crippen LogP contribution >= 0.6 is 0 Å². The second-order valence-electron chi connectivity index (χ2n) is 7.76. The lowest BCUT2D eigenvalue weighted by molar-refractivity contribution is -0.119. The van der Waals surface area contributed by atoms with Gasteiger partial charge in [0.15, 0.2) is 0 Å². The van der Waals surface area contributed by atoms with Gasteiger partial charge in [-0.25, -0.2) is 4.79 Å². The van der Waals surface area contributed by atoms with E-state index in [2.05, 4.69) is 10.6 Å². The van der Waals surface area contributed by atoms with Gasteiger partial charge in [-0.1, -0.05) is 30.3 Å². The molecular weight excluding hydrogens is 400 g/mol. The maximum absolute atomic E-state index is 13.0. The van der Waals surface area contributed by atoms with Crippen LogP contribution in [0, 0.1) is 0 Å². The standard InChI is InChI=1S/C23H30N2O6/c1-23(2,3)31-22(27)25-19(15-30-14-16-9-7-6-8-10-16)21(26)24-18-13-17(28-4)11-12-20(18)29-5/h6-13,19H,14-15H2,1-5H3,(H,24,26)(H,25,27)/t19-/m0/s1. The molecular formula is C23H30N2O6. The van der Waals surface area contributed by atoms with Crippen LogP contribution in [0.25, 0.3) is 0 Å². The van der Waals surface area contributed by atoms with Crippen LogP contribution < -0.4 is 20.1 Å². The predicted molar refractivity (Wildman–Crippen MR) is 117 cm³/mol. The summed E-state index contributed by atoms with van der Waals surface area (Å²) in [5, 5.41) is 5.33. The number of rotatable bonds is 9. The Balaban J connectivity index is 2.11. The van der Waals surface area contributed by atoms with Crippen molar-refractivity contribution >= 4 is 17.7 Å². The molecule has 0 heterocycles. The highest BCUT2D eigenvalue weighted by atomic mass is 16.6. The van der Waals surface area contributed by atoms with Crippen molar-refractivity contribution in [1.82, 2.24) is 5.32 Å². The van der Waals surface area contributed by atoms with Crippen LogP contribution in [-0.2, 0) is 20.9 Å². The largest absolute Gasteiger partial charge is 0.497 e. The molecule has 0 aliphatic heterocycles. The summed E-state index contributed by atoms with van der Waals surface area (Å²) >= 11 is 0. The van der Waals surface area contributed by atoms with E-state index in [1.165, 1.54) is 14.2 Å². The molecule has 1 atom stereocenters. The van der Waals surface area contributed by atoms with Gasteiger partial charge in [-0.05, 0) is 38.5 Å². The molecule has 168 valence electrons. The minimum absolute atomic E-state index is 0.0494. The zero-order valence-corrected chi connectivity index (χ0v) is 18.6. The number of carbonyl (C=O) groups is 2. The van der Waals surface area contributed by atoms with Gasteiger partial charge in [-0.3, -0.25) is 4.79 Å². The number of benzene rings is 2. The summed E-state index contributed by atoms with van der Waals surface area (Å²) in [4.78, 5) is 25.2. The Labute approximate surface area is 182 Å². The fourth-order valence-corrected chi connectivity index (χ4v) is 2.63. The lowest BCUT2D eigenvalue weighted by atomic mass is 10.2. The molecule has 0 aliphatic carbocycles. The number of hydrogen-bond acceptors (Lipinski definition) is 6. The summed E-state index contributed by atoms with van der Waals surface area (Å²) in [5.41, 5.74) is 0.658. The Hall–Kier alpha value is -3.26. The van der Waals surface area contributed by atoms with Crippen LogP contribution in [0.1, 0.15) is 26.3 Å². The van der Waals surface area contributed by atoms with E-state index in [-0.39, 0.29) is 6.61 Å². The Morgan fingerprint density at radius 3 is 2.32 bits per heavy atom. The van der Waals surface area contributed by atoms with Gasteiger partial charge < -0.3 is 29.6 Å². The Morgan fingerprint density at radius 2 is 1.71 bits per heavy atom. The van der Waals surface area contributed by atoms with Crippen molar-refractivity contribution in [2.45, 2.75) is 39.0 Å². The van der Waals surface area contributed by atoms with Crippen LogP contribution in [0.3, 0.4) is 0 Å². The van der Waals surface area contributed by atoms with Gasteiger partial charge in [0.2, 0.25) is 5.91 Å². The van der Waals surface area contributed by atoms with Crippen molar-refractivity contribution in [3.05, 3.63) is 54.1 Å². The first kappa shape index (κ1) is 24.0. The van der Waals surface area contributed by atoms with E-state index in [0.29, 0.717) is 23.8 Å². The van der Waals surface area contributed by atoms with Gasteiger partial charge >= 0.3 is 6.09 Å². The van der Waals surface area contributed by atoms with Crippen molar-refractivity contribution in [2.75, 3.05) is 26.1 Å². The van der Waals surface area contributed by atoms with Crippen molar-refractivity contribution in [2.24, 2.45) is 0 Å². The number of carbonyl (C=O) groups excluding carboxylic acids is 2. The van der Waals surface area contributed by atoms with E-state index >= 15 is 0 Å². The van der Waals surface area contributed by atoms with E-state index in [1.54, 1.807) is 39.0 Å². The fraction of sp³-hybridized carbons (Fsp3) is 0.391. The van der Waals surface area contributed by atoms with Crippen LogP contribution in [-0.4, -0.2) is 44.5 Å². The highest BCUT2D eigenvalue weighted by Gasteiger charge is 2.25. The lowest BCUT2D eigenvalue weighted by Crippen LogP contribution is -2.48. The minimum atomic E-state index is -0.991. The lowest BCUT2D eigenvalue weighted by Gasteiger charge is -2.23. The smallest absolute Gasteiger partial charge is 0.408 e. The topological polar surface area (TPSA) is 95.1 Å². The number of amides is 2. The maximum atomic E-state index is 13.0. The molecule has 0 bridgehead atoms. The number of alkyl carbamates (subject to hydrolysis) is 1. The molecule has 0 aromatic heterocycles. The minimum Gasteiger partial charge on any atom is -0.497 e. The third kappa shape index (κ3) is 8.18. The highest BCUT2D eigenvalue weighted by Crippen LogP contribution is 2.29. The first-order valence-electron chi connectivity index (χ1n) is 9.86. The zero-order valence-electron chi connectivity index (χ0n) is 18.6. The first-order chi connectivity index (χ1) is 14.7. The molecule has 2 aromatic rings. The van der Waals surface area contributed by atoms with E-state index in [0.717, 1.165) is 5.56 Å². The van der Waals surface area contributed by atoms with Gasteiger partial charge in [0.05, 0.1) is 33.1 Å². The van der Waals surface area contributed by atoms with Crippen LogP contribution in [0.15, 0.2) is 48.5 Å². The maximum Gasteiger partial charge on any atom is 0.408 e. The van der Waals surface area contributed by atoms with Gasteiger partial charge in [0.25, 0.3) is 0 Å². The summed E-state index contributed by atoms with van der Waals surface area (Å²) < 4.78 is 21.5. The Bertz CT molecular complexity index is 864. The van der Waals surface area contributed by atoms with Crippen molar-refractivity contribution < 1.29 is 28.5 Å². The first-order valence-corrected chi connectivity index (χ1v) is 9.86. The van der Waals surface area contributed by atoms with Crippen molar-refractivity contribution in [3.63, 3.8) is 0 Å². The van der Waals surface area contributed by atoms with Gasteiger partial charge in [-0.15, -0.1) is 0 Å². The quantitative estimate of drug-likeness (QED) is 0.629. The molecule has 8 heteroatoms. The fourth-order valence-electron chi connectivity index (χ4n) is 2.63. The molecule has 8 nitrogen and oxygen atoms in total. The molecule has 0 spiro atoms. The molecule has 0 unspecified atom stereocenters. The Morgan fingerprint density at radius 1 is 1.00 bits per heavy atom. The van der Waals surface area contributed by atoms with Gasteiger partial charge in [-0.2, -0.15) is 0 Å². The summed E-state index contributed by atoms with van der Waals surface area (Å²) in [7, 11) is 3.02. The van der Waals surface area contributed by atoms with Crippen molar-refractivity contribution in [3.8, 4) is 11.5 Å². The van der Waals surface area contributed by atoms with Crippen molar-refractivity contribution in [1.29, 1.82) is 0 Å². The van der Waals surface area contributed by atoms with Crippen LogP contribution in [0.5, 0.6) is 11.5 Å². The molecule has 0 aliphatic rings. The number of hydrogen-bond donors (Lipinski definition) is 2. The Kier molecular flexibility index (Phi) is 8.69.